The molecule has 0 spiro atoms. The van der Waals surface area contributed by atoms with E-state index >= 15 is 0 Å². The topological polar surface area (TPSA) is 18.5 Å². The molecule has 0 amide bonds. The highest BCUT2D eigenvalue weighted by Gasteiger charge is 2.21. The first-order valence-electron chi connectivity index (χ1n) is 6.91. The number of rotatable bonds is 4. The van der Waals surface area contributed by atoms with Crippen LogP contribution in [0.2, 0.25) is 0 Å². The van der Waals surface area contributed by atoms with E-state index in [1.54, 1.807) is 0 Å². The maximum absolute atomic E-state index is 3.59. The summed E-state index contributed by atoms with van der Waals surface area (Å²) >= 11 is 3.54. The molecule has 0 aromatic heterocycles. The summed E-state index contributed by atoms with van der Waals surface area (Å²) in [6, 6.07) is 7.18. The predicted molar refractivity (Wildman–Crippen MR) is 84.5 cm³/mol. The highest BCUT2D eigenvalue weighted by atomic mass is 79.9. The van der Waals surface area contributed by atoms with E-state index in [4.69, 9.17) is 0 Å². The molecule has 1 atom stereocenters. The monoisotopic (exact) mass is 325 g/mol. The second kappa shape index (κ2) is 6.84. The van der Waals surface area contributed by atoms with Gasteiger partial charge in [0.15, 0.2) is 0 Å². The Morgan fingerprint density at radius 3 is 2.84 bits per heavy atom. The number of hydrogen-bond acceptors (Lipinski definition) is 3. The second-order valence-electron chi connectivity index (χ2n) is 5.61. The van der Waals surface area contributed by atoms with Crippen LogP contribution in [0.1, 0.15) is 11.1 Å². The van der Waals surface area contributed by atoms with Crippen LogP contribution >= 0.6 is 15.9 Å². The summed E-state index contributed by atoms with van der Waals surface area (Å²) in [5, 5.41) is 3.59. The third kappa shape index (κ3) is 4.28. The number of nitrogens with zero attached hydrogens (tertiary/aromatic N) is 2. The number of nitrogens with one attached hydrogen (secondary N) is 1. The molecule has 0 saturated carbocycles. The number of halogens is 1. The lowest BCUT2D eigenvalue weighted by molar-refractivity contribution is 0.113. The van der Waals surface area contributed by atoms with Gasteiger partial charge in [0.25, 0.3) is 0 Å². The summed E-state index contributed by atoms with van der Waals surface area (Å²) in [7, 11) is 4.43. The smallest absolute Gasteiger partial charge is 0.0345 e. The maximum Gasteiger partial charge on any atom is 0.0345 e. The molecule has 1 N–H and O–H groups in total. The Kier molecular flexibility index (Phi) is 5.39. The average Bonchev–Trinajstić information content (AvgIpc) is 2.38. The van der Waals surface area contributed by atoms with Gasteiger partial charge in [0, 0.05) is 43.2 Å². The fraction of sp³-hybridized carbons (Fsp3) is 0.600. The van der Waals surface area contributed by atoms with Crippen LogP contribution in [-0.4, -0.2) is 56.1 Å². The minimum absolute atomic E-state index is 0.621. The Balaban J connectivity index is 1.80. The molecule has 1 aliphatic rings. The second-order valence-corrected chi connectivity index (χ2v) is 6.47. The van der Waals surface area contributed by atoms with Crippen LogP contribution in [0.15, 0.2) is 22.7 Å². The molecule has 1 aliphatic heterocycles. The van der Waals surface area contributed by atoms with Crippen molar-refractivity contribution >= 4 is 15.9 Å². The van der Waals surface area contributed by atoms with Gasteiger partial charge in [0.2, 0.25) is 0 Å². The van der Waals surface area contributed by atoms with Crippen molar-refractivity contribution in [2.45, 2.75) is 19.5 Å². The van der Waals surface area contributed by atoms with E-state index < -0.39 is 0 Å². The molecule has 106 valence electrons. The van der Waals surface area contributed by atoms with Crippen molar-refractivity contribution < 1.29 is 0 Å². The third-order valence-electron chi connectivity index (χ3n) is 3.91. The van der Waals surface area contributed by atoms with Crippen molar-refractivity contribution in [3.8, 4) is 0 Å². The lowest BCUT2D eigenvalue weighted by Gasteiger charge is -2.37. The summed E-state index contributed by atoms with van der Waals surface area (Å²) in [5.74, 6) is 0. The first-order valence-corrected chi connectivity index (χ1v) is 7.70. The molecule has 1 heterocycles. The molecule has 0 aliphatic carbocycles. The van der Waals surface area contributed by atoms with Gasteiger partial charge >= 0.3 is 0 Å². The van der Waals surface area contributed by atoms with Crippen molar-refractivity contribution in [1.82, 2.24) is 15.1 Å². The van der Waals surface area contributed by atoms with Crippen molar-refractivity contribution in [3.05, 3.63) is 33.8 Å². The van der Waals surface area contributed by atoms with Gasteiger partial charge in [-0.1, -0.05) is 28.1 Å². The summed E-state index contributed by atoms with van der Waals surface area (Å²) in [4.78, 5) is 4.87. The SMILES string of the molecule is Cc1cc(CNCC2CN(C)CCN2C)ccc1Br. The molecule has 2 rings (SSSR count). The van der Waals surface area contributed by atoms with Gasteiger partial charge < -0.3 is 10.2 Å². The van der Waals surface area contributed by atoms with E-state index in [0.717, 1.165) is 19.6 Å². The van der Waals surface area contributed by atoms with Crippen LogP contribution in [0.3, 0.4) is 0 Å². The standard InChI is InChI=1S/C15H24BrN3/c1-12-8-13(4-5-15(12)16)9-17-10-14-11-18(2)6-7-19(14)3/h4-5,8,14,17H,6-7,9-11H2,1-3H3. The summed E-state index contributed by atoms with van der Waals surface area (Å²) in [6.45, 7) is 7.64. The molecule has 3 nitrogen and oxygen atoms in total. The molecular weight excluding hydrogens is 302 g/mol. The fourth-order valence-corrected chi connectivity index (χ4v) is 2.77. The molecular formula is C15H24BrN3. The minimum Gasteiger partial charge on any atom is -0.311 e. The Morgan fingerprint density at radius 1 is 1.32 bits per heavy atom. The van der Waals surface area contributed by atoms with Crippen molar-refractivity contribution in [2.75, 3.05) is 40.3 Å². The minimum atomic E-state index is 0.621. The van der Waals surface area contributed by atoms with Gasteiger partial charge in [-0.25, -0.2) is 0 Å². The zero-order valence-corrected chi connectivity index (χ0v) is 13.7. The van der Waals surface area contributed by atoms with Crippen LogP contribution < -0.4 is 5.32 Å². The van der Waals surface area contributed by atoms with E-state index in [2.05, 4.69) is 70.3 Å². The molecule has 1 unspecified atom stereocenters. The Labute approximate surface area is 125 Å². The molecule has 19 heavy (non-hydrogen) atoms. The normalized spacial score (nSPS) is 21.8. The Bertz CT molecular complexity index is 422. The first kappa shape index (κ1) is 15.0. The maximum atomic E-state index is 3.59. The van der Waals surface area contributed by atoms with Gasteiger partial charge in [0.05, 0.1) is 0 Å². The van der Waals surface area contributed by atoms with Gasteiger partial charge in [0.1, 0.15) is 0 Å². The number of likely N-dealkylation sites (N-methyl/N-ethyl adjacent to an activating group) is 2. The highest BCUT2D eigenvalue weighted by molar-refractivity contribution is 9.10. The molecule has 1 aromatic carbocycles. The van der Waals surface area contributed by atoms with Crippen LogP contribution in [0, 0.1) is 6.92 Å². The van der Waals surface area contributed by atoms with E-state index in [1.165, 1.54) is 28.7 Å². The van der Waals surface area contributed by atoms with Gasteiger partial charge in [-0.2, -0.15) is 0 Å². The van der Waals surface area contributed by atoms with Gasteiger partial charge in [-0.3, -0.25) is 4.90 Å². The number of piperazine rings is 1. The lowest BCUT2D eigenvalue weighted by atomic mass is 10.1. The zero-order valence-electron chi connectivity index (χ0n) is 12.1. The van der Waals surface area contributed by atoms with Crippen LogP contribution in [-0.2, 0) is 6.54 Å². The molecule has 0 radical (unpaired) electrons. The van der Waals surface area contributed by atoms with Crippen molar-refractivity contribution in [2.24, 2.45) is 0 Å². The quantitative estimate of drug-likeness (QED) is 0.914. The highest BCUT2D eigenvalue weighted by Crippen LogP contribution is 2.17. The Hall–Kier alpha value is -0.420. The number of benzene rings is 1. The average molecular weight is 326 g/mol. The van der Waals surface area contributed by atoms with E-state index in [-0.39, 0.29) is 0 Å². The van der Waals surface area contributed by atoms with E-state index in [0.29, 0.717) is 6.04 Å². The molecule has 1 saturated heterocycles. The van der Waals surface area contributed by atoms with Gasteiger partial charge in [-0.15, -0.1) is 0 Å². The predicted octanol–water partition coefficient (Wildman–Crippen LogP) is 2.09. The third-order valence-corrected chi connectivity index (χ3v) is 4.80. The zero-order chi connectivity index (χ0) is 13.8. The number of hydrogen-bond donors (Lipinski definition) is 1. The van der Waals surface area contributed by atoms with Crippen LogP contribution in [0.4, 0.5) is 0 Å². The summed E-state index contributed by atoms with van der Waals surface area (Å²) in [5.41, 5.74) is 2.65. The first-order chi connectivity index (χ1) is 9.06. The summed E-state index contributed by atoms with van der Waals surface area (Å²) < 4.78 is 1.19. The van der Waals surface area contributed by atoms with Crippen molar-refractivity contribution in [1.29, 1.82) is 0 Å². The van der Waals surface area contributed by atoms with Gasteiger partial charge in [-0.05, 0) is 38.2 Å². The molecule has 4 heteroatoms. The lowest BCUT2D eigenvalue weighted by Crippen LogP contribution is -2.53. The number of aryl methyl sites for hydroxylation is 1. The fourth-order valence-electron chi connectivity index (χ4n) is 2.52. The largest absolute Gasteiger partial charge is 0.311 e. The van der Waals surface area contributed by atoms with E-state index in [9.17, 15) is 0 Å². The molecule has 1 fully saturated rings. The molecule has 0 bridgehead atoms. The van der Waals surface area contributed by atoms with E-state index in [1.807, 2.05) is 0 Å². The Morgan fingerprint density at radius 2 is 2.11 bits per heavy atom. The molecule has 1 aromatic rings. The van der Waals surface area contributed by atoms with Crippen LogP contribution in [0.5, 0.6) is 0 Å². The summed E-state index contributed by atoms with van der Waals surface area (Å²) in [6.07, 6.45) is 0. The van der Waals surface area contributed by atoms with Crippen LogP contribution in [0.25, 0.3) is 0 Å². The van der Waals surface area contributed by atoms with Crippen molar-refractivity contribution in [3.63, 3.8) is 0 Å².